The monoisotopic (exact) mass is 662 g/mol. The highest BCUT2D eigenvalue weighted by molar-refractivity contribution is 7.00. The Bertz CT molecular complexity index is 2790. The van der Waals surface area contributed by atoms with Crippen molar-refractivity contribution in [1.82, 2.24) is 0 Å². The number of nitrogens with zero attached hydrogens (tertiary/aromatic N) is 2. The van der Waals surface area contributed by atoms with Gasteiger partial charge in [-0.2, -0.15) is 0 Å². The van der Waals surface area contributed by atoms with Gasteiger partial charge in [0.15, 0.2) is 0 Å². The molecule has 0 fully saturated rings. The summed E-state index contributed by atoms with van der Waals surface area (Å²) in [6.07, 6.45) is 0. The lowest BCUT2D eigenvalue weighted by Crippen LogP contribution is -2.61. The molecule has 0 aliphatic carbocycles. The largest absolute Gasteiger partial charge is 0.456 e. The van der Waals surface area contributed by atoms with Crippen molar-refractivity contribution in [2.75, 3.05) is 9.80 Å². The van der Waals surface area contributed by atoms with Crippen LogP contribution in [0, 0.1) is 0 Å². The Labute approximate surface area is 302 Å². The molecule has 0 unspecified atom stereocenters. The molecule has 0 saturated heterocycles. The standard InChI is InChI=1S/C48H31BN2O/c1-3-12-36(13-4-1)50-42-18-9-8-17-40(42)49-41-31-35(26-28-43(41)51(37-14-5-2-6-15-37)45-20-11-19-44(50)48(45)49)33-24-22-32(23-25-33)34-27-29-47-39(30-34)38-16-7-10-21-46(38)52-47/h1-31H. The minimum Gasteiger partial charge on any atom is -0.456 e. The second-order valence-corrected chi connectivity index (χ2v) is 13.7. The Balaban J connectivity index is 1.07. The van der Waals surface area contributed by atoms with E-state index in [0.29, 0.717) is 0 Å². The molecule has 0 bridgehead atoms. The average Bonchev–Trinajstić information content (AvgIpc) is 3.59. The first-order valence-corrected chi connectivity index (χ1v) is 17.9. The van der Waals surface area contributed by atoms with E-state index >= 15 is 0 Å². The summed E-state index contributed by atoms with van der Waals surface area (Å²) in [5.41, 5.74) is 17.7. The first kappa shape index (κ1) is 29.0. The topological polar surface area (TPSA) is 19.6 Å². The molecule has 0 N–H and O–H groups in total. The molecule has 3 nitrogen and oxygen atoms in total. The molecule has 0 atom stereocenters. The normalized spacial score (nSPS) is 12.9. The van der Waals surface area contributed by atoms with Gasteiger partial charge in [0.05, 0.1) is 0 Å². The molecule has 4 heteroatoms. The highest BCUT2D eigenvalue weighted by Crippen LogP contribution is 2.44. The summed E-state index contributed by atoms with van der Waals surface area (Å²) in [4.78, 5) is 4.88. The minimum absolute atomic E-state index is 0.0769. The summed E-state index contributed by atoms with van der Waals surface area (Å²) in [5.74, 6) is 0. The van der Waals surface area contributed by atoms with E-state index in [-0.39, 0.29) is 6.71 Å². The van der Waals surface area contributed by atoms with Crippen LogP contribution >= 0.6 is 0 Å². The van der Waals surface area contributed by atoms with Gasteiger partial charge in [0.1, 0.15) is 11.2 Å². The zero-order chi connectivity index (χ0) is 34.2. The fourth-order valence-corrected chi connectivity index (χ4v) is 8.54. The van der Waals surface area contributed by atoms with Crippen LogP contribution in [0.2, 0.25) is 0 Å². The van der Waals surface area contributed by atoms with Gasteiger partial charge in [-0.15, -0.1) is 0 Å². The Hall–Kier alpha value is -6.78. The van der Waals surface area contributed by atoms with Gasteiger partial charge in [0, 0.05) is 44.9 Å². The number of anilines is 6. The van der Waals surface area contributed by atoms with Crippen molar-refractivity contribution in [2.24, 2.45) is 0 Å². The maximum atomic E-state index is 6.10. The summed E-state index contributed by atoms with van der Waals surface area (Å²) >= 11 is 0. The van der Waals surface area contributed by atoms with E-state index in [2.05, 4.69) is 186 Å². The molecular formula is C48H31BN2O. The zero-order valence-corrected chi connectivity index (χ0v) is 28.3. The van der Waals surface area contributed by atoms with Crippen LogP contribution in [0.25, 0.3) is 44.2 Å². The average molecular weight is 663 g/mol. The molecule has 52 heavy (non-hydrogen) atoms. The van der Waals surface area contributed by atoms with E-state index < -0.39 is 0 Å². The van der Waals surface area contributed by atoms with Crippen LogP contribution in [-0.4, -0.2) is 6.71 Å². The first-order chi connectivity index (χ1) is 25.8. The zero-order valence-electron chi connectivity index (χ0n) is 28.3. The first-order valence-electron chi connectivity index (χ1n) is 17.9. The lowest BCUT2D eigenvalue weighted by Gasteiger charge is -2.44. The van der Waals surface area contributed by atoms with E-state index in [4.69, 9.17) is 4.42 Å². The van der Waals surface area contributed by atoms with Crippen LogP contribution in [-0.2, 0) is 0 Å². The lowest BCUT2D eigenvalue weighted by molar-refractivity contribution is 0.669. The third-order valence-electron chi connectivity index (χ3n) is 10.9. The van der Waals surface area contributed by atoms with E-state index in [1.165, 1.54) is 61.4 Å². The maximum Gasteiger partial charge on any atom is 0.252 e. The predicted octanol–water partition coefficient (Wildman–Crippen LogP) is 11.0. The van der Waals surface area contributed by atoms with Crippen molar-refractivity contribution >= 4 is 79.2 Å². The molecule has 11 rings (SSSR count). The maximum absolute atomic E-state index is 6.10. The molecule has 242 valence electrons. The third kappa shape index (κ3) is 4.34. The van der Waals surface area contributed by atoms with Crippen LogP contribution < -0.4 is 26.2 Å². The molecule has 0 radical (unpaired) electrons. The van der Waals surface area contributed by atoms with Gasteiger partial charge < -0.3 is 14.2 Å². The highest BCUT2D eigenvalue weighted by atomic mass is 16.3. The molecule has 9 aromatic rings. The van der Waals surface area contributed by atoms with Crippen LogP contribution in [0.3, 0.4) is 0 Å². The van der Waals surface area contributed by atoms with Crippen molar-refractivity contribution in [3.63, 3.8) is 0 Å². The SMILES string of the molecule is c1ccc(N2c3ccccc3B3c4cc(-c5ccc(-c6ccc7oc8ccccc8c7c6)cc5)ccc4N(c4ccccc4)c4cccc2c43)cc1. The number of fused-ring (bicyclic) bond motifs is 7. The summed E-state index contributed by atoms with van der Waals surface area (Å²) in [5, 5.41) is 2.29. The summed E-state index contributed by atoms with van der Waals surface area (Å²) in [7, 11) is 0. The molecule has 1 aromatic heterocycles. The van der Waals surface area contributed by atoms with Gasteiger partial charge in [-0.3, -0.25) is 0 Å². The van der Waals surface area contributed by atoms with Crippen molar-refractivity contribution in [2.45, 2.75) is 0 Å². The molecule has 0 spiro atoms. The lowest BCUT2D eigenvalue weighted by atomic mass is 9.33. The van der Waals surface area contributed by atoms with E-state index in [9.17, 15) is 0 Å². The van der Waals surface area contributed by atoms with Gasteiger partial charge in [0.2, 0.25) is 0 Å². The fraction of sp³-hybridized carbons (Fsp3) is 0. The van der Waals surface area contributed by atoms with Gasteiger partial charge >= 0.3 is 0 Å². The number of hydrogen-bond donors (Lipinski definition) is 0. The Morgan fingerprint density at radius 3 is 1.58 bits per heavy atom. The number of rotatable bonds is 4. The van der Waals surface area contributed by atoms with E-state index in [0.717, 1.165) is 33.3 Å². The Morgan fingerprint density at radius 2 is 0.865 bits per heavy atom. The highest BCUT2D eigenvalue weighted by Gasteiger charge is 2.43. The van der Waals surface area contributed by atoms with Crippen LogP contribution in [0.4, 0.5) is 34.1 Å². The number of hydrogen-bond acceptors (Lipinski definition) is 3. The summed E-state index contributed by atoms with van der Waals surface area (Å²) in [6.45, 7) is 0.0769. The van der Waals surface area contributed by atoms with Crippen molar-refractivity contribution in [3.8, 4) is 22.3 Å². The van der Waals surface area contributed by atoms with Crippen molar-refractivity contribution in [1.29, 1.82) is 0 Å². The van der Waals surface area contributed by atoms with Crippen LogP contribution in [0.15, 0.2) is 192 Å². The summed E-state index contributed by atoms with van der Waals surface area (Å²) in [6, 6.07) is 68.1. The molecule has 0 amide bonds. The molecule has 2 aliphatic rings. The second kappa shape index (κ2) is 11.4. The third-order valence-corrected chi connectivity index (χ3v) is 10.9. The molecule has 0 saturated carbocycles. The minimum atomic E-state index is 0.0769. The van der Waals surface area contributed by atoms with E-state index in [1.54, 1.807) is 0 Å². The van der Waals surface area contributed by atoms with Crippen molar-refractivity contribution in [3.05, 3.63) is 188 Å². The Morgan fingerprint density at radius 1 is 0.346 bits per heavy atom. The van der Waals surface area contributed by atoms with Crippen molar-refractivity contribution < 1.29 is 4.42 Å². The van der Waals surface area contributed by atoms with Gasteiger partial charge in [0.25, 0.3) is 6.71 Å². The van der Waals surface area contributed by atoms with E-state index in [1.807, 2.05) is 12.1 Å². The number of para-hydroxylation sites is 4. The molecular weight excluding hydrogens is 631 g/mol. The predicted molar refractivity (Wildman–Crippen MR) is 219 cm³/mol. The van der Waals surface area contributed by atoms with Gasteiger partial charge in [-0.05, 0) is 105 Å². The quantitative estimate of drug-likeness (QED) is 0.175. The molecule has 3 heterocycles. The summed E-state index contributed by atoms with van der Waals surface area (Å²) < 4.78 is 6.10. The Kier molecular flexibility index (Phi) is 6.35. The fourth-order valence-electron chi connectivity index (χ4n) is 8.54. The van der Waals surface area contributed by atoms with Crippen LogP contribution in [0.1, 0.15) is 0 Å². The molecule has 8 aromatic carbocycles. The number of furan rings is 1. The number of benzene rings is 8. The van der Waals surface area contributed by atoms with Crippen LogP contribution in [0.5, 0.6) is 0 Å². The van der Waals surface area contributed by atoms with Gasteiger partial charge in [-0.1, -0.05) is 121 Å². The van der Waals surface area contributed by atoms with Gasteiger partial charge in [-0.25, -0.2) is 0 Å². The molecule has 2 aliphatic heterocycles. The second-order valence-electron chi connectivity index (χ2n) is 13.7. The smallest absolute Gasteiger partial charge is 0.252 e.